The first kappa shape index (κ1) is 35.4. The van der Waals surface area contributed by atoms with Crippen LogP contribution in [0.4, 0.5) is 0 Å². The molecule has 17 nitrogen and oxygen atoms in total. The summed E-state index contributed by atoms with van der Waals surface area (Å²) in [5.74, 6) is 6.02. The second-order valence-corrected chi connectivity index (χ2v) is 17.1. The van der Waals surface area contributed by atoms with Gasteiger partial charge in [0.05, 0.1) is 30.2 Å². The third-order valence-electron chi connectivity index (χ3n) is 5.07. The van der Waals surface area contributed by atoms with E-state index in [-0.39, 0.29) is 34.7 Å². The molecule has 2 aromatic heterocycles. The van der Waals surface area contributed by atoms with Gasteiger partial charge in [-0.05, 0) is 6.92 Å². The van der Waals surface area contributed by atoms with E-state index in [1.54, 1.807) is 28.5 Å². The fourth-order valence-corrected chi connectivity index (χ4v) is 8.71. The number of nitrogens with two attached hydrogens (primary N) is 1. The summed E-state index contributed by atoms with van der Waals surface area (Å²) in [5, 5.41) is 0.200. The van der Waals surface area contributed by atoms with Gasteiger partial charge in [-0.3, -0.25) is 13.9 Å². The van der Waals surface area contributed by atoms with Crippen LogP contribution >= 0.6 is 45.1 Å². The van der Waals surface area contributed by atoms with Crippen LogP contribution in [0.25, 0.3) is 11.0 Å². The molecule has 2 aromatic rings. The molecule has 236 valence electrons. The van der Waals surface area contributed by atoms with E-state index < -0.39 is 54.1 Å². The number of phosphoric ester groups is 1. The Labute approximate surface area is 248 Å². The van der Waals surface area contributed by atoms with Gasteiger partial charge in [-0.25, -0.2) is 18.4 Å². The molecule has 1 fully saturated rings. The average molecular weight is 692 g/mol. The van der Waals surface area contributed by atoms with Crippen molar-refractivity contribution < 1.29 is 55.9 Å². The number of H-pyrrole nitrogens is 1. The van der Waals surface area contributed by atoms with Crippen molar-refractivity contribution in [2.75, 3.05) is 19.1 Å². The lowest BCUT2D eigenvalue weighted by atomic mass is 10.2. The van der Waals surface area contributed by atoms with Crippen LogP contribution < -0.4 is 16.2 Å². The van der Waals surface area contributed by atoms with Gasteiger partial charge >= 0.3 is 15.6 Å². The molecule has 0 spiro atoms. The Morgan fingerprint density at radius 2 is 1.95 bits per heavy atom. The third kappa shape index (κ3) is 10.6. The van der Waals surface area contributed by atoms with Crippen molar-refractivity contribution in [3.63, 3.8) is 0 Å². The standard InChI is InChI=1S/C20H31N4O13P3S2/c1-12-22-18-17(19(25)23-12)13(6-5-7-21)9-24(18)16-8-14(33-11-41-42-20(2,3)4)15(35-16)10-34-39(29,30)37-40(31,32)36-38(26,27)28/h9,14-16H,7-8,10-11,21H2,1-4H3,(H,29,30)(H,31,32)(H,22,23,25)(H2,26,27,28)/p-1/t14?,15-,16-/m1/s1. The highest BCUT2D eigenvalue weighted by Gasteiger charge is 2.42. The number of hydrogen-bond acceptors (Lipinski definition) is 14. The monoisotopic (exact) mass is 691 g/mol. The number of nitrogens with one attached hydrogen (secondary N) is 1. The van der Waals surface area contributed by atoms with E-state index in [1.807, 2.05) is 20.8 Å². The van der Waals surface area contributed by atoms with Crippen molar-refractivity contribution in [2.24, 2.45) is 5.73 Å². The van der Waals surface area contributed by atoms with Gasteiger partial charge in [-0.15, -0.1) is 0 Å². The summed E-state index contributed by atoms with van der Waals surface area (Å²) in [7, 11) is -14.0. The summed E-state index contributed by atoms with van der Waals surface area (Å²) < 4.78 is 60.4. The number of fused-ring (bicyclic) bond motifs is 1. The number of aromatic nitrogens is 3. The second kappa shape index (κ2) is 13.9. The molecule has 6 N–H and O–H groups in total. The van der Waals surface area contributed by atoms with Crippen LogP contribution in [0.3, 0.4) is 0 Å². The van der Waals surface area contributed by atoms with Crippen LogP contribution in [0, 0.1) is 18.8 Å². The fourth-order valence-electron chi connectivity index (χ4n) is 3.71. The number of rotatable bonds is 12. The molecule has 3 rings (SSSR count). The topological polar surface area (TPSA) is 258 Å². The van der Waals surface area contributed by atoms with Crippen molar-refractivity contribution in [1.82, 2.24) is 14.5 Å². The normalized spacial score (nSPS) is 23.6. The Morgan fingerprint density at radius 3 is 2.57 bits per heavy atom. The maximum absolute atomic E-state index is 12.7. The van der Waals surface area contributed by atoms with Gasteiger partial charge < -0.3 is 44.3 Å². The summed E-state index contributed by atoms with van der Waals surface area (Å²) in [4.78, 5) is 58.4. The van der Waals surface area contributed by atoms with Gasteiger partial charge in [0.25, 0.3) is 13.4 Å². The minimum Gasteiger partial charge on any atom is -0.756 e. The summed E-state index contributed by atoms with van der Waals surface area (Å²) in [5.41, 5.74) is 5.65. The molecule has 1 aliphatic rings. The maximum atomic E-state index is 12.7. The molecule has 0 aliphatic carbocycles. The summed E-state index contributed by atoms with van der Waals surface area (Å²) in [6, 6.07) is 0. The van der Waals surface area contributed by atoms with Crippen molar-refractivity contribution in [2.45, 2.75) is 57.3 Å². The summed E-state index contributed by atoms with van der Waals surface area (Å²) >= 11 is 0. The van der Waals surface area contributed by atoms with E-state index in [9.17, 15) is 33.2 Å². The molecule has 0 bridgehead atoms. The Kier molecular flexibility index (Phi) is 11.8. The Morgan fingerprint density at radius 1 is 1.26 bits per heavy atom. The molecule has 42 heavy (non-hydrogen) atoms. The molecule has 3 heterocycles. The number of aryl methyl sites for hydroxylation is 1. The molecule has 0 radical (unpaired) electrons. The van der Waals surface area contributed by atoms with E-state index in [1.165, 1.54) is 10.8 Å². The van der Waals surface area contributed by atoms with Gasteiger partial charge in [-0.1, -0.05) is 54.2 Å². The Hall–Kier alpha value is -1.03. The summed E-state index contributed by atoms with van der Waals surface area (Å²) in [6.07, 6.45) is -0.961. The lowest BCUT2D eigenvalue weighted by Gasteiger charge is -2.23. The van der Waals surface area contributed by atoms with Gasteiger partial charge in [0, 0.05) is 17.4 Å². The lowest BCUT2D eigenvalue weighted by Crippen LogP contribution is -2.29. The molecular weight excluding hydrogens is 661 g/mol. The van der Waals surface area contributed by atoms with E-state index in [2.05, 4.69) is 30.4 Å². The van der Waals surface area contributed by atoms with E-state index in [4.69, 9.17) is 24.6 Å². The van der Waals surface area contributed by atoms with Gasteiger partial charge in [0.1, 0.15) is 24.1 Å². The number of phosphoric acid groups is 3. The maximum Gasteiger partial charge on any atom is 0.487 e. The van der Waals surface area contributed by atoms with E-state index in [0.717, 1.165) is 0 Å². The number of hydrogen-bond donors (Lipinski definition) is 5. The highest BCUT2D eigenvalue weighted by atomic mass is 33.1. The van der Waals surface area contributed by atoms with Crippen LogP contribution in [0.1, 0.15) is 44.8 Å². The minimum atomic E-state index is -5.80. The van der Waals surface area contributed by atoms with Crippen LogP contribution in [0.5, 0.6) is 0 Å². The molecule has 6 atom stereocenters. The average Bonchev–Trinajstić information content (AvgIpc) is 3.37. The van der Waals surface area contributed by atoms with Crippen LogP contribution in [0.15, 0.2) is 11.0 Å². The molecule has 4 unspecified atom stereocenters. The first-order valence-electron chi connectivity index (χ1n) is 11.9. The molecular formula is C20H30N4O13P3S2-. The van der Waals surface area contributed by atoms with E-state index >= 15 is 0 Å². The van der Waals surface area contributed by atoms with Gasteiger partial charge in [-0.2, -0.15) is 4.31 Å². The predicted octanol–water partition coefficient (Wildman–Crippen LogP) is 1.86. The predicted molar refractivity (Wildman–Crippen MR) is 152 cm³/mol. The van der Waals surface area contributed by atoms with Gasteiger partial charge in [0.15, 0.2) is 5.65 Å². The lowest BCUT2D eigenvalue weighted by molar-refractivity contribution is -0.212. The molecule has 1 saturated heterocycles. The highest BCUT2D eigenvalue weighted by molar-refractivity contribution is 8.77. The number of ether oxygens (including phenoxy) is 2. The fraction of sp³-hybridized carbons (Fsp3) is 0.600. The molecule has 0 aromatic carbocycles. The summed E-state index contributed by atoms with van der Waals surface area (Å²) in [6.45, 7) is 6.95. The smallest absolute Gasteiger partial charge is 0.487 e. The van der Waals surface area contributed by atoms with Crippen molar-refractivity contribution in [1.29, 1.82) is 0 Å². The van der Waals surface area contributed by atoms with E-state index in [0.29, 0.717) is 11.4 Å². The Bertz CT molecular complexity index is 1540. The molecule has 0 saturated carbocycles. The van der Waals surface area contributed by atoms with Crippen molar-refractivity contribution >= 4 is 56.1 Å². The first-order chi connectivity index (χ1) is 19.3. The third-order valence-corrected chi connectivity index (χ3v) is 11.8. The minimum absolute atomic E-state index is 0.0448. The van der Waals surface area contributed by atoms with Gasteiger partial charge in [0.2, 0.25) is 0 Å². The van der Waals surface area contributed by atoms with Crippen molar-refractivity contribution in [3.05, 3.63) is 27.9 Å². The zero-order valence-corrected chi connectivity index (χ0v) is 27.0. The van der Waals surface area contributed by atoms with Crippen molar-refractivity contribution in [3.8, 4) is 11.8 Å². The molecule has 1 aliphatic heterocycles. The number of aromatic amines is 1. The number of nitrogens with zero attached hydrogens (tertiary/aromatic N) is 2. The largest absolute Gasteiger partial charge is 0.756 e. The SMILES string of the molecule is Cc1nc2c(c(C#CCN)cn2[C@H]2CC(OCSSC(C)(C)C)[C@@H](COP(=O)(O)OP(=O)(O)OP(=O)([O-])O)O2)c(=O)[nH]1. The van der Waals surface area contributed by atoms with Crippen LogP contribution in [-0.2, 0) is 36.3 Å². The first-order valence-corrected chi connectivity index (χ1v) is 18.7. The molecule has 0 amide bonds. The quantitative estimate of drug-likeness (QED) is 0.0699. The van der Waals surface area contributed by atoms with Crippen LogP contribution in [0.2, 0.25) is 0 Å². The molecule has 22 heteroatoms. The second-order valence-electron chi connectivity index (χ2n) is 9.67. The Balaban J connectivity index is 1.86. The highest BCUT2D eigenvalue weighted by Crippen LogP contribution is 2.65. The zero-order chi connectivity index (χ0) is 31.5. The van der Waals surface area contributed by atoms with Crippen LogP contribution in [-0.4, -0.2) is 65.3 Å². The zero-order valence-electron chi connectivity index (χ0n) is 22.7.